The quantitative estimate of drug-likeness (QED) is 0.501. The Balaban J connectivity index is 2.01. The number of hydrogen-bond donors (Lipinski definition) is 2. The molecule has 1 amide bonds. The highest BCUT2D eigenvalue weighted by Crippen LogP contribution is 2.30. The second-order valence-corrected chi connectivity index (χ2v) is 5.46. The van der Waals surface area contributed by atoms with E-state index in [-0.39, 0.29) is 18.0 Å². The largest absolute Gasteiger partial charge is 0.508 e. The molecule has 7 heteroatoms. The molecule has 0 atom stereocenters. The lowest BCUT2D eigenvalue weighted by molar-refractivity contribution is -0.384. The SMILES string of the molecule is Cc1cc(O)c(C)c(C)c1NC(=O)OCc1ccc([N+](=O)[O-])cc1. The van der Waals surface area contributed by atoms with Crippen LogP contribution in [0.5, 0.6) is 5.75 Å². The number of carbonyl (C=O) groups excluding carboxylic acids is 1. The average molecular weight is 330 g/mol. The number of hydrogen-bond acceptors (Lipinski definition) is 5. The number of amides is 1. The molecule has 0 fully saturated rings. The van der Waals surface area contributed by atoms with Gasteiger partial charge in [-0.25, -0.2) is 4.79 Å². The highest BCUT2D eigenvalue weighted by molar-refractivity contribution is 5.87. The highest BCUT2D eigenvalue weighted by atomic mass is 16.6. The molecule has 0 aliphatic carbocycles. The number of phenols is 1. The lowest BCUT2D eigenvalue weighted by Gasteiger charge is -2.15. The third-order valence-electron chi connectivity index (χ3n) is 3.81. The number of rotatable bonds is 4. The summed E-state index contributed by atoms with van der Waals surface area (Å²) in [4.78, 5) is 22.1. The standard InChI is InChI=1S/C17H18N2O5/c1-10-8-15(20)11(2)12(3)16(10)18-17(21)24-9-13-4-6-14(7-5-13)19(22)23/h4-8,20H,9H2,1-3H3,(H,18,21). The van der Waals surface area contributed by atoms with Crippen molar-refractivity contribution in [1.29, 1.82) is 0 Å². The lowest BCUT2D eigenvalue weighted by atomic mass is 10.0. The molecule has 24 heavy (non-hydrogen) atoms. The molecule has 0 bridgehead atoms. The summed E-state index contributed by atoms with van der Waals surface area (Å²) in [7, 11) is 0. The summed E-state index contributed by atoms with van der Waals surface area (Å²) in [6, 6.07) is 7.36. The number of aromatic hydroxyl groups is 1. The third-order valence-corrected chi connectivity index (χ3v) is 3.81. The monoisotopic (exact) mass is 330 g/mol. The minimum Gasteiger partial charge on any atom is -0.508 e. The van der Waals surface area contributed by atoms with Crippen molar-refractivity contribution >= 4 is 17.5 Å². The van der Waals surface area contributed by atoms with Gasteiger partial charge < -0.3 is 9.84 Å². The molecule has 126 valence electrons. The molecule has 0 aliphatic rings. The number of carbonyl (C=O) groups is 1. The van der Waals surface area contributed by atoms with Gasteiger partial charge in [0.2, 0.25) is 0 Å². The molecule has 0 aromatic heterocycles. The Morgan fingerprint density at radius 2 is 1.83 bits per heavy atom. The Kier molecular flexibility index (Phi) is 5.03. The van der Waals surface area contributed by atoms with Crippen LogP contribution in [0.3, 0.4) is 0 Å². The molecule has 0 radical (unpaired) electrons. The summed E-state index contributed by atoms with van der Waals surface area (Å²) in [5.74, 6) is 0.176. The molecule has 0 saturated heterocycles. The van der Waals surface area contributed by atoms with E-state index in [1.807, 2.05) is 0 Å². The fourth-order valence-corrected chi connectivity index (χ4v) is 2.25. The summed E-state index contributed by atoms with van der Waals surface area (Å²) in [5.41, 5.74) is 3.40. The molecule has 0 saturated carbocycles. The predicted octanol–water partition coefficient (Wildman–Crippen LogP) is 3.97. The maximum absolute atomic E-state index is 12.0. The fraction of sp³-hybridized carbons (Fsp3) is 0.235. The van der Waals surface area contributed by atoms with Gasteiger partial charge in [0.05, 0.1) is 10.6 Å². The molecule has 2 aromatic rings. The zero-order chi connectivity index (χ0) is 17.9. The van der Waals surface area contributed by atoms with Crippen molar-refractivity contribution in [3.63, 3.8) is 0 Å². The van der Waals surface area contributed by atoms with E-state index in [9.17, 15) is 20.0 Å². The Morgan fingerprint density at radius 1 is 1.21 bits per heavy atom. The first-order valence-electron chi connectivity index (χ1n) is 7.26. The third kappa shape index (κ3) is 3.81. The van der Waals surface area contributed by atoms with Gasteiger partial charge in [-0.2, -0.15) is 0 Å². The molecule has 2 aromatic carbocycles. The van der Waals surface area contributed by atoms with E-state index in [1.54, 1.807) is 26.8 Å². The number of non-ortho nitro benzene ring substituents is 1. The van der Waals surface area contributed by atoms with E-state index < -0.39 is 11.0 Å². The van der Waals surface area contributed by atoms with Crippen molar-refractivity contribution in [3.05, 3.63) is 62.7 Å². The molecule has 0 unspecified atom stereocenters. The van der Waals surface area contributed by atoms with E-state index in [0.29, 0.717) is 16.8 Å². The first kappa shape index (κ1) is 17.3. The van der Waals surface area contributed by atoms with Crippen LogP contribution in [-0.4, -0.2) is 16.1 Å². The van der Waals surface area contributed by atoms with Gasteiger partial charge in [-0.05, 0) is 61.2 Å². The number of nitro benzene ring substituents is 1. The Labute approximate surface area is 139 Å². The second kappa shape index (κ2) is 6.99. The summed E-state index contributed by atoms with van der Waals surface area (Å²) < 4.78 is 5.13. The van der Waals surface area contributed by atoms with Crippen LogP contribution in [0.2, 0.25) is 0 Å². The average Bonchev–Trinajstić information content (AvgIpc) is 2.55. The van der Waals surface area contributed by atoms with Crippen molar-refractivity contribution in [2.24, 2.45) is 0 Å². The van der Waals surface area contributed by atoms with Crippen molar-refractivity contribution < 1.29 is 19.6 Å². The smallest absolute Gasteiger partial charge is 0.411 e. The van der Waals surface area contributed by atoms with Crippen LogP contribution in [0, 0.1) is 30.9 Å². The second-order valence-electron chi connectivity index (χ2n) is 5.46. The summed E-state index contributed by atoms with van der Waals surface area (Å²) >= 11 is 0. The van der Waals surface area contributed by atoms with Gasteiger partial charge in [0.1, 0.15) is 12.4 Å². The predicted molar refractivity (Wildman–Crippen MR) is 89.2 cm³/mol. The van der Waals surface area contributed by atoms with Gasteiger partial charge in [0, 0.05) is 12.1 Å². The van der Waals surface area contributed by atoms with Gasteiger partial charge in [-0.15, -0.1) is 0 Å². The van der Waals surface area contributed by atoms with Crippen LogP contribution in [0.25, 0.3) is 0 Å². The fourth-order valence-electron chi connectivity index (χ4n) is 2.25. The number of benzene rings is 2. The minimum atomic E-state index is -0.635. The first-order valence-corrected chi connectivity index (χ1v) is 7.26. The van der Waals surface area contributed by atoms with Crippen LogP contribution >= 0.6 is 0 Å². The number of aryl methyl sites for hydroxylation is 1. The van der Waals surface area contributed by atoms with Crippen LogP contribution in [0.1, 0.15) is 22.3 Å². The minimum absolute atomic E-state index is 0.00100. The van der Waals surface area contributed by atoms with Crippen LogP contribution in [-0.2, 0) is 11.3 Å². The van der Waals surface area contributed by atoms with Crippen LogP contribution in [0.15, 0.2) is 30.3 Å². The van der Waals surface area contributed by atoms with Gasteiger partial charge in [-0.3, -0.25) is 15.4 Å². The Morgan fingerprint density at radius 3 is 2.42 bits per heavy atom. The Hall–Kier alpha value is -3.09. The van der Waals surface area contributed by atoms with E-state index in [4.69, 9.17) is 4.74 Å². The number of ether oxygens (including phenoxy) is 1. The highest BCUT2D eigenvalue weighted by Gasteiger charge is 2.13. The number of nitrogens with zero attached hydrogens (tertiary/aromatic N) is 1. The molecular weight excluding hydrogens is 312 g/mol. The zero-order valence-corrected chi connectivity index (χ0v) is 13.6. The van der Waals surface area contributed by atoms with Crippen molar-refractivity contribution in [1.82, 2.24) is 0 Å². The van der Waals surface area contributed by atoms with Crippen molar-refractivity contribution in [2.45, 2.75) is 27.4 Å². The van der Waals surface area contributed by atoms with E-state index in [0.717, 1.165) is 11.1 Å². The molecule has 0 heterocycles. The molecule has 2 rings (SSSR count). The molecule has 0 aliphatic heterocycles. The molecule has 7 nitrogen and oxygen atoms in total. The maximum Gasteiger partial charge on any atom is 0.411 e. The van der Waals surface area contributed by atoms with Gasteiger partial charge in [0.15, 0.2) is 0 Å². The molecule has 2 N–H and O–H groups in total. The van der Waals surface area contributed by atoms with Crippen LogP contribution in [0.4, 0.5) is 16.2 Å². The van der Waals surface area contributed by atoms with Crippen LogP contribution < -0.4 is 5.32 Å². The molecular formula is C17H18N2O5. The van der Waals surface area contributed by atoms with E-state index in [2.05, 4.69) is 5.32 Å². The normalized spacial score (nSPS) is 10.3. The number of nitro groups is 1. The van der Waals surface area contributed by atoms with Gasteiger partial charge in [-0.1, -0.05) is 0 Å². The number of anilines is 1. The summed E-state index contributed by atoms with van der Waals surface area (Å²) in [6.45, 7) is 5.34. The van der Waals surface area contributed by atoms with Gasteiger partial charge in [0.25, 0.3) is 5.69 Å². The van der Waals surface area contributed by atoms with Crippen molar-refractivity contribution in [3.8, 4) is 5.75 Å². The zero-order valence-electron chi connectivity index (χ0n) is 13.6. The summed E-state index contributed by atoms with van der Waals surface area (Å²) in [6.07, 6.45) is -0.635. The number of nitrogens with one attached hydrogen (secondary N) is 1. The maximum atomic E-state index is 12.0. The number of phenolic OH excluding ortho intramolecular Hbond substituents is 1. The van der Waals surface area contributed by atoms with E-state index >= 15 is 0 Å². The Bertz CT molecular complexity index is 785. The van der Waals surface area contributed by atoms with Gasteiger partial charge >= 0.3 is 6.09 Å². The topological polar surface area (TPSA) is 102 Å². The summed E-state index contributed by atoms with van der Waals surface area (Å²) in [5, 5.41) is 23.0. The van der Waals surface area contributed by atoms with E-state index in [1.165, 1.54) is 24.3 Å². The molecule has 0 spiro atoms. The first-order chi connectivity index (χ1) is 11.3. The lowest BCUT2D eigenvalue weighted by Crippen LogP contribution is -2.15. The van der Waals surface area contributed by atoms with Crippen molar-refractivity contribution in [2.75, 3.05) is 5.32 Å².